The molecule has 32 heavy (non-hydrogen) atoms. The summed E-state index contributed by atoms with van der Waals surface area (Å²) in [5.74, 6) is 0. The summed E-state index contributed by atoms with van der Waals surface area (Å²) in [6, 6.07) is 0. The molecule has 12 atom stereocenters. The first-order chi connectivity index (χ1) is 14.9. The maximum absolute atomic E-state index is 10.8. The van der Waals surface area contributed by atoms with Gasteiger partial charge in [0, 0.05) is 0 Å². The standard InChI is InChI=1S/C15H26O16S/c16-7-4(1-26-13(22)10(7)19)29-14-11(20)8(17)5(2-27-14)30-15-12(21)9(18)6(3-28-15)31-32(23,24)25/h4-22H,1-3H2,(H,23,24,25)/t4-,5-,6-,7+,8+,9+,10-,11-,12-,13-,14+,15+/m1/s1. The van der Waals surface area contributed by atoms with Gasteiger partial charge < -0.3 is 59.4 Å². The lowest BCUT2D eigenvalue weighted by atomic mass is 10.0. The van der Waals surface area contributed by atoms with Crippen molar-refractivity contribution in [2.45, 2.75) is 73.8 Å². The fourth-order valence-electron chi connectivity index (χ4n) is 3.38. The third-order valence-electron chi connectivity index (χ3n) is 5.19. The molecule has 0 aliphatic carbocycles. The second-order valence-corrected chi connectivity index (χ2v) is 8.53. The van der Waals surface area contributed by atoms with Crippen LogP contribution in [0.15, 0.2) is 0 Å². The Bertz CT molecular complexity index is 720. The molecular formula is C15H26O16S. The zero-order chi connectivity index (χ0) is 23.8. The van der Waals surface area contributed by atoms with Crippen molar-refractivity contribution in [3.05, 3.63) is 0 Å². The summed E-state index contributed by atoms with van der Waals surface area (Å²) >= 11 is 0. The van der Waals surface area contributed by atoms with Gasteiger partial charge in [0.1, 0.15) is 54.9 Å². The van der Waals surface area contributed by atoms with Crippen LogP contribution in [0.25, 0.3) is 0 Å². The lowest BCUT2D eigenvalue weighted by Crippen LogP contribution is -2.61. The highest BCUT2D eigenvalue weighted by atomic mass is 32.3. The highest BCUT2D eigenvalue weighted by Crippen LogP contribution is 2.27. The van der Waals surface area contributed by atoms with Crippen molar-refractivity contribution in [3.8, 4) is 0 Å². The Morgan fingerprint density at radius 1 is 0.594 bits per heavy atom. The summed E-state index contributed by atoms with van der Waals surface area (Å²) in [4.78, 5) is 0. The van der Waals surface area contributed by atoms with Gasteiger partial charge in [-0.25, -0.2) is 4.18 Å². The zero-order valence-electron chi connectivity index (χ0n) is 16.3. The molecular weight excluding hydrogens is 468 g/mol. The summed E-state index contributed by atoms with van der Waals surface area (Å²) in [6.07, 6.45) is -19.1. The molecule has 0 aromatic rings. The number of hydrogen-bond donors (Lipinski definition) is 8. The van der Waals surface area contributed by atoms with E-state index in [2.05, 4.69) is 4.18 Å². The Balaban J connectivity index is 1.54. The SMILES string of the molecule is O=S(=O)(O)O[C@@H]1CO[C@@H](O[C@@H]2CO[C@@H](O[C@@H]3CO[C@@H](O)[C@H](O)[C@H]3O)[C@H](O)[C@H]2O)[C@H](O)[C@H]1O. The van der Waals surface area contributed by atoms with E-state index in [1.807, 2.05) is 0 Å². The topological polar surface area (TPSA) is 251 Å². The molecule has 3 fully saturated rings. The molecule has 0 spiro atoms. The van der Waals surface area contributed by atoms with Crippen LogP contribution in [0.3, 0.4) is 0 Å². The second-order valence-electron chi connectivity index (χ2n) is 7.48. The Morgan fingerprint density at radius 3 is 1.50 bits per heavy atom. The Labute approximate surface area is 181 Å². The summed E-state index contributed by atoms with van der Waals surface area (Å²) in [5, 5.41) is 69.5. The van der Waals surface area contributed by atoms with Crippen LogP contribution in [-0.4, -0.2) is 142 Å². The quantitative estimate of drug-likeness (QED) is 0.160. The van der Waals surface area contributed by atoms with Gasteiger partial charge in [0.05, 0.1) is 19.8 Å². The smallest absolute Gasteiger partial charge is 0.387 e. The van der Waals surface area contributed by atoms with Gasteiger partial charge in [-0.1, -0.05) is 0 Å². The molecule has 3 saturated heterocycles. The van der Waals surface area contributed by atoms with Crippen LogP contribution < -0.4 is 0 Å². The lowest BCUT2D eigenvalue weighted by Gasteiger charge is -2.43. The van der Waals surface area contributed by atoms with Crippen molar-refractivity contribution in [1.29, 1.82) is 0 Å². The first kappa shape index (κ1) is 26.0. The largest absolute Gasteiger partial charge is 0.397 e. The van der Waals surface area contributed by atoms with E-state index in [-0.39, 0.29) is 6.61 Å². The van der Waals surface area contributed by atoms with E-state index >= 15 is 0 Å². The summed E-state index contributed by atoms with van der Waals surface area (Å²) in [5.41, 5.74) is 0. The zero-order valence-corrected chi connectivity index (χ0v) is 17.1. The highest BCUT2D eigenvalue weighted by molar-refractivity contribution is 7.80. The van der Waals surface area contributed by atoms with E-state index in [4.69, 9.17) is 28.2 Å². The van der Waals surface area contributed by atoms with Crippen LogP contribution in [0.1, 0.15) is 0 Å². The van der Waals surface area contributed by atoms with Crippen LogP contribution >= 0.6 is 0 Å². The molecule has 3 aliphatic rings. The minimum atomic E-state index is -4.92. The van der Waals surface area contributed by atoms with E-state index in [0.29, 0.717) is 0 Å². The van der Waals surface area contributed by atoms with E-state index in [1.165, 1.54) is 0 Å². The Hall–Kier alpha value is -0.610. The first-order valence-electron chi connectivity index (χ1n) is 9.47. The molecule has 0 bridgehead atoms. The van der Waals surface area contributed by atoms with Gasteiger partial charge in [-0.3, -0.25) is 4.55 Å². The molecule has 0 radical (unpaired) electrons. The van der Waals surface area contributed by atoms with Crippen LogP contribution in [0, 0.1) is 0 Å². The molecule has 3 rings (SSSR count). The molecule has 188 valence electrons. The Morgan fingerprint density at radius 2 is 1.00 bits per heavy atom. The number of rotatable bonds is 6. The van der Waals surface area contributed by atoms with E-state index in [0.717, 1.165) is 0 Å². The number of aliphatic hydroxyl groups excluding tert-OH is 7. The monoisotopic (exact) mass is 494 g/mol. The van der Waals surface area contributed by atoms with E-state index < -0.39 is 97.4 Å². The molecule has 0 aromatic carbocycles. The third-order valence-corrected chi connectivity index (χ3v) is 5.68. The van der Waals surface area contributed by atoms with Crippen molar-refractivity contribution in [3.63, 3.8) is 0 Å². The Kier molecular flexibility index (Phi) is 8.40. The molecule has 0 amide bonds. The number of hydrogen-bond acceptors (Lipinski definition) is 15. The lowest BCUT2D eigenvalue weighted by molar-refractivity contribution is -0.346. The van der Waals surface area contributed by atoms with Crippen molar-refractivity contribution >= 4 is 10.4 Å². The molecule has 17 heteroatoms. The maximum atomic E-state index is 10.8. The molecule has 0 saturated carbocycles. The molecule has 16 nitrogen and oxygen atoms in total. The van der Waals surface area contributed by atoms with Crippen LogP contribution in [-0.2, 0) is 38.3 Å². The number of aliphatic hydroxyl groups is 7. The second kappa shape index (κ2) is 10.3. The molecule has 0 unspecified atom stereocenters. The van der Waals surface area contributed by atoms with Crippen LogP contribution in [0.5, 0.6) is 0 Å². The number of ether oxygens (including phenoxy) is 5. The molecule has 8 N–H and O–H groups in total. The van der Waals surface area contributed by atoms with Crippen molar-refractivity contribution in [2.24, 2.45) is 0 Å². The highest BCUT2D eigenvalue weighted by Gasteiger charge is 2.48. The van der Waals surface area contributed by atoms with Crippen LogP contribution in [0.2, 0.25) is 0 Å². The van der Waals surface area contributed by atoms with E-state index in [9.17, 15) is 44.2 Å². The van der Waals surface area contributed by atoms with Gasteiger partial charge >= 0.3 is 10.4 Å². The van der Waals surface area contributed by atoms with Gasteiger partial charge in [0.25, 0.3) is 0 Å². The van der Waals surface area contributed by atoms with Gasteiger partial charge in [-0.05, 0) is 0 Å². The van der Waals surface area contributed by atoms with Gasteiger partial charge in [-0.15, -0.1) is 0 Å². The van der Waals surface area contributed by atoms with Crippen molar-refractivity contribution in [2.75, 3.05) is 19.8 Å². The predicted molar refractivity (Wildman–Crippen MR) is 93.6 cm³/mol. The fraction of sp³-hybridized carbons (Fsp3) is 1.00. The third kappa shape index (κ3) is 5.90. The van der Waals surface area contributed by atoms with Gasteiger partial charge in [0.15, 0.2) is 18.9 Å². The average molecular weight is 494 g/mol. The van der Waals surface area contributed by atoms with Crippen molar-refractivity contribution in [1.82, 2.24) is 0 Å². The van der Waals surface area contributed by atoms with Crippen molar-refractivity contribution < 1.29 is 76.6 Å². The first-order valence-corrected chi connectivity index (χ1v) is 10.8. The minimum Gasteiger partial charge on any atom is -0.387 e. The average Bonchev–Trinajstić information content (AvgIpc) is 2.72. The molecule has 3 heterocycles. The summed E-state index contributed by atoms with van der Waals surface area (Å²) in [7, 11) is -4.92. The molecule has 3 aliphatic heterocycles. The maximum Gasteiger partial charge on any atom is 0.397 e. The van der Waals surface area contributed by atoms with Crippen LogP contribution in [0.4, 0.5) is 0 Å². The van der Waals surface area contributed by atoms with Gasteiger partial charge in [0.2, 0.25) is 0 Å². The van der Waals surface area contributed by atoms with E-state index in [1.54, 1.807) is 0 Å². The predicted octanol–water partition coefficient (Wildman–Crippen LogP) is -5.83. The summed E-state index contributed by atoms with van der Waals surface area (Å²) in [6.45, 7) is -1.35. The fourth-order valence-corrected chi connectivity index (χ4v) is 3.86. The summed E-state index contributed by atoms with van der Waals surface area (Å²) < 4.78 is 60.2. The van der Waals surface area contributed by atoms with Gasteiger partial charge in [-0.2, -0.15) is 8.42 Å². The normalized spacial score (nSPS) is 48.5. The molecule has 0 aromatic heterocycles. The minimum absolute atomic E-state index is 0.339.